The molecule has 0 atom stereocenters. The molecule has 0 aromatic heterocycles. The Balaban J connectivity index is 2.96. The van der Waals surface area contributed by atoms with Crippen molar-refractivity contribution in [3.8, 4) is 11.5 Å². The van der Waals surface area contributed by atoms with Gasteiger partial charge >= 0.3 is 6.61 Å². The van der Waals surface area contributed by atoms with Gasteiger partial charge in [-0.3, -0.25) is 0 Å². The first kappa shape index (κ1) is 11.5. The summed E-state index contributed by atoms with van der Waals surface area (Å²) in [5.74, 6) is 0.290. The van der Waals surface area contributed by atoms with Gasteiger partial charge in [-0.15, -0.1) is 11.7 Å². The maximum absolute atomic E-state index is 12.0. The first-order valence-electron chi connectivity index (χ1n) is 3.61. The second-order valence-corrected chi connectivity index (χ2v) is 3.48. The molecule has 6 heteroatoms. The minimum absolute atomic E-state index is 0.0153. The molecule has 0 aliphatic rings. The molecule has 0 aliphatic carbocycles. The van der Waals surface area contributed by atoms with E-state index in [1.807, 2.05) is 0 Å². The summed E-state index contributed by atoms with van der Waals surface area (Å²) in [6.07, 6.45) is 0. The number of hydrogen-bond donors (Lipinski definition) is 1. The van der Waals surface area contributed by atoms with Crippen LogP contribution in [0.4, 0.5) is 8.78 Å². The largest absolute Gasteiger partial charge is 0.493 e. The highest BCUT2D eigenvalue weighted by Crippen LogP contribution is 2.34. The average molecular weight is 238 g/mol. The van der Waals surface area contributed by atoms with Crippen LogP contribution in [0.5, 0.6) is 11.5 Å². The highest BCUT2D eigenvalue weighted by molar-refractivity contribution is 8.68. The predicted molar refractivity (Wildman–Crippen MR) is 54.5 cm³/mol. The van der Waals surface area contributed by atoms with Crippen molar-refractivity contribution in [3.63, 3.8) is 0 Å². The summed E-state index contributed by atoms with van der Waals surface area (Å²) in [5, 5.41) is 0. The third kappa shape index (κ3) is 2.95. The van der Waals surface area contributed by atoms with E-state index in [1.54, 1.807) is 12.1 Å². The van der Waals surface area contributed by atoms with E-state index in [1.165, 1.54) is 13.2 Å². The molecule has 0 unspecified atom stereocenters. The predicted octanol–water partition coefficient (Wildman–Crippen LogP) is 3.23. The molecule has 0 saturated heterocycles. The van der Waals surface area contributed by atoms with Crippen molar-refractivity contribution in [2.45, 2.75) is 11.5 Å². The SMILES string of the molecule is COc1ccc(SS)cc1OC(F)F. The first-order chi connectivity index (χ1) is 6.67. The van der Waals surface area contributed by atoms with Gasteiger partial charge in [-0.1, -0.05) is 10.8 Å². The molecule has 78 valence electrons. The van der Waals surface area contributed by atoms with E-state index in [0.717, 1.165) is 10.8 Å². The topological polar surface area (TPSA) is 18.5 Å². The lowest BCUT2D eigenvalue weighted by molar-refractivity contribution is -0.0513. The maximum Gasteiger partial charge on any atom is 0.387 e. The van der Waals surface area contributed by atoms with Crippen LogP contribution in [0.3, 0.4) is 0 Å². The van der Waals surface area contributed by atoms with Crippen LogP contribution in [0.1, 0.15) is 0 Å². The van der Waals surface area contributed by atoms with Gasteiger partial charge in [0.15, 0.2) is 11.5 Å². The van der Waals surface area contributed by atoms with Crippen LogP contribution in [0.2, 0.25) is 0 Å². The van der Waals surface area contributed by atoms with Crippen LogP contribution in [-0.4, -0.2) is 13.7 Å². The van der Waals surface area contributed by atoms with E-state index in [2.05, 4.69) is 16.4 Å². The second-order valence-electron chi connectivity index (χ2n) is 2.28. The molecule has 1 rings (SSSR count). The van der Waals surface area contributed by atoms with Gasteiger partial charge in [0.25, 0.3) is 0 Å². The quantitative estimate of drug-likeness (QED) is 0.641. The monoisotopic (exact) mass is 238 g/mol. The summed E-state index contributed by atoms with van der Waals surface area (Å²) >= 11 is 3.94. The second kappa shape index (κ2) is 5.31. The highest BCUT2D eigenvalue weighted by atomic mass is 33.1. The Morgan fingerprint density at radius 1 is 1.36 bits per heavy atom. The number of alkyl halides is 2. The minimum Gasteiger partial charge on any atom is -0.493 e. The van der Waals surface area contributed by atoms with Gasteiger partial charge in [-0.05, 0) is 18.2 Å². The average Bonchev–Trinajstić information content (AvgIpc) is 2.16. The van der Waals surface area contributed by atoms with E-state index in [0.29, 0.717) is 4.90 Å². The number of rotatable bonds is 4. The Morgan fingerprint density at radius 2 is 2.07 bits per heavy atom. The van der Waals surface area contributed by atoms with E-state index >= 15 is 0 Å². The van der Waals surface area contributed by atoms with E-state index in [4.69, 9.17) is 4.74 Å². The van der Waals surface area contributed by atoms with Gasteiger partial charge in [0.2, 0.25) is 0 Å². The van der Waals surface area contributed by atoms with Crippen molar-refractivity contribution in [1.29, 1.82) is 0 Å². The van der Waals surface area contributed by atoms with E-state index < -0.39 is 6.61 Å². The normalized spacial score (nSPS) is 10.4. The lowest BCUT2D eigenvalue weighted by atomic mass is 10.3. The fraction of sp³-hybridized carbons (Fsp3) is 0.250. The summed E-state index contributed by atoms with van der Waals surface area (Å²) in [4.78, 5) is 0.713. The smallest absolute Gasteiger partial charge is 0.387 e. The molecule has 0 bridgehead atoms. The van der Waals surface area contributed by atoms with Crippen LogP contribution in [0, 0.1) is 0 Å². The molecule has 1 aromatic carbocycles. The summed E-state index contributed by atoms with van der Waals surface area (Å²) in [6.45, 7) is -2.86. The number of halogens is 2. The Hall–Kier alpha value is -0.620. The third-order valence-electron chi connectivity index (χ3n) is 1.46. The minimum atomic E-state index is -2.86. The fourth-order valence-corrected chi connectivity index (χ4v) is 1.53. The zero-order valence-electron chi connectivity index (χ0n) is 7.24. The summed E-state index contributed by atoms with van der Waals surface area (Å²) in [6, 6.07) is 4.70. The molecule has 2 nitrogen and oxygen atoms in total. The molecular formula is C8H8F2O2S2. The highest BCUT2D eigenvalue weighted by Gasteiger charge is 2.10. The zero-order valence-corrected chi connectivity index (χ0v) is 8.95. The van der Waals surface area contributed by atoms with Gasteiger partial charge in [0.1, 0.15) is 0 Å². The third-order valence-corrected chi connectivity index (χ3v) is 2.55. The molecule has 0 spiro atoms. The Bertz CT molecular complexity index is 307. The Labute approximate surface area is 89.4 Å². The summed E-state index contributed by atoms with van der Waals surface area (Å²) < 4.78 is 33.1. The molecule has 0 radical (unpaired) electrons. The van der Waals surface area contributed by atoms with Crippen molar-refractivity contribution in [2.75, 3.05) is 7.11 Å². The van der Waals surface area contributed by atoms with Crippen molar-refractivity contribution in [2.24, 2.45) is 0 Å². The van der Waals surface area contributed by atoms with Crippen LogP contribution < -0.4 is 9.47 Å². The number of thiol groups is 1. The lowest BCUT2D eigenvalue weighted by Gasteiger charge is -2.10. The van der Waals surface area contributed by atoms with Crippen molar-refractivity contribution in [3.05, 3.63) is 18.2 Å². The lowest BCUT2D eigenvalue weighted by Crippen LogP contribution is -2.03. The maximum atomic E-state index is 12.0. The van der Waals surface area contributed by atoms with Gasteiger partial charge in [0, 0.05) is 4.90 Å². The van der Waals surface area contributed by atoms with Gasteiger partial charge in [-0.25, -0.2) is 0 Å². The van der Waals surface area contributed by atoms with Gasteiger partial charge in [-0.2, -0.15) is 8.78 Å². The standard InChI is InChI=1S/C8H8F2O2S2/c1-11-6-3-2-5(14-13)4-7(6)12-8(9)10/h2-4,8,13H,1H3. The summed E-state index contributed by atoms with van der Waals surface area (Å²) in [7, 11) is 2.53. The van der Waals surface area contributed by atoms with Crippen LogP contribution in [0.15, 0.2) is 23.1 Å². The Kier molecular flexibility index (Phi) is 4.34. The van der Waals surface area contributed by atoms with Crippen molar-refractivity contribution < 1.29 is 18.3 Å². The summed E-state index contributed by atoms with van der Waals surface area (Å²) in [5.41, 5.74) is 0. The van der Waals surface area contributed by atoms with E-state index in [-0.39, 0.29) is 11.5 Å². The van der Waals surface area contributed by atoms with Crippen LogP contribution in [-0.2, 0) is 0 Å². The number of methoxy groups -OCH3 is 1. The molecule has 0 amide bonds. The first-order valence-corrected chi connectivity index (χ1v) is 5.48. The van der Waals surface area contributed by atoms with Crippen molar-refractivity contribution >= 4 is 22.5 Å². The molecule has 14 heavy (non-hydrogen) atoms. The van der Waals surface area contributed by atoms with Gasteiger partial charge < -0.3 is 9.47 Å². The molecule has 1 aromatic rings. The number of benzene rings is 1. The molecule has 0 N–H and O–H groups in total. The molecular weight excluding hydrogens is 230 g/mol. The molecule has 0 fully saturated rings. The number of ether oxygens (including phenoxy) is 2. The molecule has 0 saturated carbocycles. The zero-order chi connectivity index (χ0) is 10.6. The molecule has 0 aliphatic heterocycles. The van der Waals surface area contributed by atoms with E-state index in [9.17, 15) is 8.78 Å². The van der Waals surface area contributed by atoms with Crippen molar-refractivity contribution in [1.82, 2.24) is 0 Å². The number of hydrogen-bond acceptors (Lipinski definition) is 4. The van der Waals surface area contributed by atoms with Crippen LogP contribution in [0.25, 0.3) is 0 Å². The molecule has 0 heterocycles. The fourth-order valence-electron chi connectivity index (χ4n) is 0.902. The van der Waals surface area contributed by atoms with Gasteiger partial charge in [0.05, 0.1) is 7.11 Å². The Morgan fingerprint density at radius 3 is 2.57 bits per heavy atom. The van der Waals surface area contributed by atoms with Crippen LogP contribution >= 0.6 is 22.5 Å².